The van der Waals surface area contributed by atoms with Crippen LogP contribution in [0.25, 0.3) is 0 Å². The summed E-state index contributed by atoms with van der Waals surface area (Å²) < 4.78 is 2.01. The minimum Gasteiger partial charge on any atom is -0.396 e. The molecule has 0 amide bonds. The molecule has 1 unspecified atom stereocenters. The second kappa shape index (κ2) is 6.09. The first-order valence-electron chi connectivity index (χ1n) is 5.00. The molecule has 3 nitrogen and oxygen atoms in total. The summed E-state index contributed by atoms with van der Waals surface area (Å²) in [5.74, 6) is 1.68. The summed E-state index contributed by atoms with van der Waals surface area (Å²) in [5.41, 5.74) is 1.10. The maximum atomic E-state index is 8.63. The average Bonchev–Trinajstić information content (AvgIpc) is 2.66. The monoisotopic (exact) mass is 214 g/mol. The molecule has 1 heterocycles. The van der Waals surface area contributed by atoms with E-state index in [0.29, 0.717) is 6.04 Å². The lowest BCUT2D eigenvalue weighted by Gasteiger charge is -2.07. The molecule has 0 radical (unpaired) electrons. The summed E-state index contributed by atoms with van der Waals surface area (Å²) in [6.07, 6.45) is 3.13. The van der Waals surface area contributed by atoms with Gasteiger partial charge in [0.25, 0.3) is 0 Å². The second-order valence-electron chi connectivity index (χ2n) is 3.32. The number of aliphatic hydroxyl groups is 1. The minimum atomic E-state index is 0.247. The van der Waals surface area contributed by atoms with Crippen molar-refractivity contribution >= 4 is 11.8 Å². The molecule has 0 spiro atoms. The molecule has 0 aromatic carbocycles. The topological polar surface area (TPSA) is 38.0 Å². The minimum absolute atomic E-state index is 0.247. The quantitative estimate of drug-likeness (QED) is 0.737. The van der Waals surface area contributed by atoms with E-state index in [4.69, 9.17) is 5.11 Å². The Morgan fingerprint density at radius 3 is 3.07 bits per heavy atom. The van der Waals surface area contributed by atoms with Crippen molar-refractivity contribution in [1.82, 2.24) is 9.78 Å². The van der Waals surface area contributed by atoms with Gasteiger partial charge in [0, 0.05) is 23.7 Å². The fourth-order valence-electron chi connectivity index (χ4n) is 1.13. The highest BCUT2D eigenvalue weighted by atomic mass is 32.2. The van der Waals surface area contributed by atoms with Crippen LogP contribution in [-0.4, -0.2) is 27.2 Å². The van der Waals surface area contributed by atoms with Gasteiger partial charge in [-0.1, -0.05) is 6.92 Å². The van der Waals surface area contributed by atoms with Gasteiger partial charge in [0.1, 0.15) is 0 Å². The van der Waals surface area contributed by atoms with E-state index in [1.807, 2.05) is 10.9 Å². The molecule has 4 heteroatoms. The van der Waals surface area contributed by atoms with E-state index in [9.17, 15) is 0 Å². The molecule has 0 fully saturated rings. The van der Waals surface area contributed by atoms with Crippen LogP contribution in [-0.2, 0) is 5.75 Å². The number of hydrogen-bond donors (Lipinski definition) is 1. The Bertz CT molecular complexity index is 262. The Balaban J connectivity index is 2.42. The van der Waals surface area contributed by atoms with E-state index < -0.39 is 0 Å². The highest BCUT2D eigenvalue weighted by Gasteiger charge is 2.03. The molecule has 0 aliphatic carbocycles. The van der Waals surface area contributed by atoms with Gasteiger partial charge < -0.3 is 5.11 Å². The van der Waals surface area contributed by atoms with Crippen LogP contribution >= 0.6 is 11.8 Å². The van der Waals surface area contributed by atoms with E-state index in [1.54, 1.807) is 11.8 Å². The van der Waals surface area contributed by atoms with Crippen LogP contribution in [0.5, 0.6) is 0 Å². The zero-order valence-electron chi connectivity index (χ0n) is 8.81. The van der Waals surface area contributed by atoms with Crippen LogP contribution in [0.3, 0.4) is 0 Å². The van der Waals surface area contributed by atoms with Gasteiger partial charge in [-0.2, -0.15) is 16.9 Å². The third-order valence-electron chi connectivity index (χ3n) is 2.19. The van der Waals surface area contributed by atoms with Gasteiger partial charge in [0.15, 0.2) is 0 Å². The standard InChI is InChI=1S/C10H18N2OS/c1-3-9(2)12-5-4-10(11-12)8-14-7-6-13/h4-5,9,13H,3,6-8H2,1-2H3. The van der Waals surface area contributed by atoms with Crippen molar-refractivity contribution in [3.05, 3.63) is 18.0 Å². The molecular weight excluding hydrogens is 196 g/mol. The zero-order chi connectivity index (χ0) is 10.4. The van der Waals surface area contributed by atoms with E-state index in [0.717, 1.165) is 23.6 Å². The van der Waals surface area contributed by atoms with Crippen LogP contribution < -0.4 is 0 Å². The SMILES string of the molecule is CCC(C)n1ccc(CSCCO)n1. The fraction of sp³-hybridized carbons (Fsp3) is 0.700. The first kappa shape index (κ1) is 11.6. The predicted octanol–water partition coefficient (Wildman–Crippen LogP) is 2.08. The fourth-order valence-corrected chi connectivity index (χ4v) is 1.76. The van der Waals surface area contributed by atoms with Gasteiger partial charge in [0.05, 0.1) is 12.3 Å². The third-order valence-corrected chi connectivity index (χ3v) is 3.16. The summed E-state index contributed by atoms with van der Waals surface area (Å²) >= 11 is 1.71. The molecule has 0 saturated heterocycles. The van der Waals surface area contributed by atoms with Crippen LogP contribution in [0.1, 0.15) is 32.0 Å². The van der Waals surface area contributed by atoms with Gasteiger partial charge in [-0.05, 0) is 19.4 Å². The molecule has 0 aliphatic heterocycles. The number of thioether (sulfide) groups is 1. The maximum absolute atomic E-state index is 8.63. The second-order valence-corrected chi connectivity index (χ2v) is 4.43. The molecule has 1 aromatic rings. The molecule has 0 saturated carbocycles. The number of aliphatic hydroxyl groups excluding tert-OH is 1. The first-order chi connectivity index (χ1) is 6.77. The lowest BCUT2D eigenvalue weighted by atomic mass is 10.3. The van der Waals surface area contributed by atoms with E-state index in [2.05, 4.69) is 25.0 Å². The van der Waals surface area contributed by atoms with Crippen molar-refractivity contribution < 1.29 is 5.11 Å². The zero-order valence-corrected chi connectivity index (χ0v) is 9.63. The van der Waals surface area contributed by atoms with Crippen LogP contribution in [0.2, 0.25) is 0 Å². The molecule has 0 bridgehead atoms. The van der Waals surface area contributed by atoms with Crippen LogP contribution in [0, 0.1) is 0 Å². The van der Waals surface area contributed by atoms with E-state index in [-0.39, 0.29) is 6.61 Å². The lowest BCUT2D eigenvalue weighted by molar-refractivity contribution is 0.322. The van der Waals surface area contributed by atoms with Crippen molar-refractivity contribution in [2.45, 2.75) is 32.1 Å². The number of rotatable bonds is 6. The number of nitrogens with zero attached hydrogens (tertiary/aromatic N) is 2. The molecule has 1 aromatic heterocycles. The largest absolute Gasteiger partial charge is 0.396 e. The summed E-state index contributed by atoms with van der Waals surface area (Å²) in [5, 5.41) is 13.1. The molecular formula is C10H18N2OS. The van der Waals surface area contributed by atoms with Crippen molar-refractivity contribution in [2.75, 3.05) is 12.4 Å². The lowest BCUT2D eigenvalue weighted by Crippen LogP contribution is -2.04. The molecule has 1 atom stereocenters. The van der Waals surface area contributed by atoms with Crippen molar-refractivity contribution in [1.29, 1.82) is 0 Å². The van der Waals surface area contributed by atoms with Gasteiger partial charge in [0.2, 0.25) is 0 Å². The van der Waals surface area contributed by atoms with Crippen molar-refractivity contribution in [3.8, 4) is 0 Å². The number of aromatic nitrogens is 2. The Morgan fingerprint density at radius 1 is 1.64 bits per heavy atom. The van der Waals surface area contributed by atoms with Crippen molar-refractivity contribution in [2.24, 2.45) is 0 Å². The summed E-state index contributed by atoms with van der Waals surface area (Å²) in [6.45, 7) is 4.57. The Hall–Kier alpha value is -0.480. The summed E-state index contributed by atoms with van der Waals surface area (Å²) in [4.78, 5) is 0. The maximum Gasteiger partial charge on any atom is 0.0723 e. The Labute approximate surface area is 89.5 Å². The van der Waals surface area contributed by atoms with Gasteiger partial charge in [-0.25, -0.2) is 0 Å². The Morgan fingerprint density at radius 2 is 2.43 bits per heavy atom. The first-order valence-corrected chi connectivity index (χ1v) is 6.16. The summed E-state index contributed by atoms with van der Waals surface area (Å²) in [6, 6.07) is 2.53. The number of hydrogen-bond acceptors (Lipinski definition) is 3. The highest BCUT2D eigenvalue weighted by Crippen LogP contribution is 2.13. The smallest absolute Gasteiger partial charge is 0.0723 e. The third kappa shape index (κ3) is 3.35. The van der Waals surface area contributed by atoms with Gasteiger partial charge in [-0.3, -0.25) is 4.68 Å². The molecule has 1 N–H and O–H groups in total. The Kier molecular flexibility index (Phi) is 5.04. The van der Waals surface area contributed by atoms with Crippen molar-refractivity contribution in [3.63, 3.8) is 0 Å². The molecule has 0 aliphatic rings. The summed E-state index contributed by atoms with van der Waals surface area (Å²) in [7, 11) is 0. The van der Waals surface area contributed by atoms with E-state index in [1.165, 1.54) is 0 Å². The van der Waals surface area contributed by atoms with Crippen LogP contribution in [0.4, 0.5) is 0 Å². The predicted molar refractivity (Wildman–Crippen MR) is 60.5 cm³/mol. The normalized spacial score (nSPS) is 13.1. The highest BCUT2D eigenvalue weighted by molar-refractivity contribution is 7.98. The van der Waals surface area contributed by atoms with E-state index >= 15 is 0 Å². The average molecular weight is 214 g/mol. The van der Waals surface area contributed by atoms with Crippen LogP contribution in [0.15, 0.2) is 12.3 Å². The van der Waals surface area contributed by atoms with Gasteiger partial charge in [-0.15, -0.1) is 0 Å². The molecule has 1 rings (SSSR count). The molecule has 80 valence electrons. The van der Waals surface area contributed by atoms with Gasteiger partial charge >= 0.3 is 0 Å². The molecule has 14 heavy (non-hydrogen) atoms.